The van der Waals surface area contributed by atoms with Gasteiger partial charge >= 0.3 is 13.6 Å². The lowest BCUT2D eigenvalue weighted by molar-refractivity contribution is -0.137. The third-order valence-electron chi connectivity index (χ3n) is 4.21. The predicted molar refractivity (Wildman–Crippen MR) is 113 cm³/mol. The molecule has 0 saturated carbocycles. The molecule has 31 heavy (non-hydrogen) atoms. The number of carboxylic acid groups (broad SMARTS) is 1. The third kappa shape index (κ3) is 10.6. The summed E-state index contributed by atoms with van der Waals surface area (Å²) in [5, 5.41) is 24.7. The predicted octanol–water partition coefficient (Wildman–Crippen LogP) is 2.53. The number of phenols is 1. The van der Waals surface area contributed by atoms with Crippen LogP contribution in [0, 0.1) is 0 Å². The van der Waals surface area contributed by atoms with Gasteiger partial charge in [-0.05, 0) is 36.9 Å². The van der Waals surface area contributed by atoms with Gasteiger partial charge in [0.1, 0.15) is 11.8 Å². The van der Waals surface area contributed by atoms with Crippen LogP contribution in [-0.2, 0) is 9.36 Å². The van der Waals surface area contributed by atoms with Crippen LogP contribution < -0.4 is 11.1 Å². The fourth-order valence-corrected chi connectivity index (χ4v) is 3.55. The molecule has 13 heteroatoms. The van der Waals surface area contributed by atoms with E-state index in [0.29, 0.717) is 37.8 Å². The number of carbonyl (C=O) groups excluding carboxylic acids is 1. The summed E-state index contributed by atoms with van der Waals surface area (Å²) >= 11 is 0. The second kappa shape index (κ2) is 12.7. The molecule has 0 aliphatic heterocycles. The van der Waals surface area contributed by atoms with Crippen molar-refractivity contribution in [2.45, 2.75) is 38.1 Å². The number of aromatic hydroxyl groups is 1. The van der Waals surface area contributed by atoms with E-state index in [9.17, 15) is 19.3 Å². The Morgan fingerprint density at radius 3 is 2.52 bits per heavy atom. The molecule has 1 rings (SSSR count). The Morgan fingerprint density at radius 1 is 1.26 bits per heavy atom. The highest BCUT2D eigenvalue weighted by Crippen LogP contribution is 2.38. The first-order valence-electron chi connectivity index (χ1n) is 9.42. The van der Waals surface area contributed by atoms with Gasteiger partial charge in [-0.15, -0.1) is 0 Å². The Kier molecular flexibility index (Phi) is 10.7. The third-order valence-corrected chi connectivity index (χ3v) is 5.02. The van der Waals surface area contributed by atoms with Gasteiger partial charge < -0.3 is 31.1 Å². The van der Waals surface area contributed by atoms with Crippen molar-refractivity contribution >= 4 is 25.2 Å². The molecule has 0 aromatic heterocycles. The molecule has 0 aliphatic rings. The van der Waals surface area contributed by atoms with Crippen LogP contribution in [0.15, 0.2) is 35.0 Å². The maximum atomic E-state index is 12.1. The molecule has 1 atom stereocenters. The number of rotatable bonds is 13. The highest BCUT2D eigenvalue weighted by molar-refractivity contribution is 7.52. The van der Waals surface area contributed by atoms with E-state index in [1.165, 1.54) is 24.3 Å². The number of nitrogens with zero attached hydrogens (tertiary/aromatic N) is 3. The Hall–Kier alpha value is -2.88. The van der Waals surface area contributed by atoms with Crippen LogP contribution in [-0.4, -0.2) is 50.6 Å². The number of carbonyl (C=O) groups is 2. The molecular weight excluding hydrogens is 429 g/mol. The molecule has 1 amide bonds. The first-order chi connectivity index (χ1) is 14.5. The van der Waals surface area contributed by atoms with Gasteiger partial charge in [-0.2, -0.15) is 0 Å². The maximum Gasteiger partial charge on any atom is 0.329 e. The summed E-state index contributed by atoms with van der Waals surface area (Å²) in [6.07, 6.45) is 3.57. The first-order valence-corrected chi connectivity index (χ1v) is 11.2. The second-order valence-electron chi connectivity index (χ2n) is 6.82. The number of benzene rings is 1. The zero-order valence-electron chi connectivity index (χ0n) is 16.7. The van der Waals surface area contributed by atoms with Gasteiger partial charge in [-0.25, -0.2) is 0 Å². The van der Waals surface area contributed by atoms with E-state index in [1.807, 2.05) is 0 Å². The van der Waals surface area contributed by atoms with E-state index in [4.69, 9.17) is 26.2 Å². The van der Waals surface area contributed by atoms with E-state index in [0.717, 1.165) is 6.42 Å². The number of hydrogen-bond acceptors (Lipinski definition) is 6. The van der Waals surface area contributed by atoms with Crippen LogP contribution in [0.2, 0.25) is 0 Å². The van der Waals surface area contributed by atoms with Crippen LogP contribution in [0.5, 0.6) is 5.75 Å². The Balaban J connectivity index is 2.40. The van der Waals surface area contributed by atoms with E-state index in [1.54, 1.807) is 0 Å². The summed E-state index contributed by atoms with van der Waals surface area (Å²) in [7, 11) is -4.33. The summed E-state index contributed by atoms with van der Waals surface area (Å²) in [5.41, 5.74) is 14.3. The quantitative estimate of drug-likeness (QED) is 0.0646. The molecule has 7 N–H and O–H groups in total. The molecule has 0 bridgehead atoms. The molecule has 1 unspecified atom stereocenters. The fourth-order valence-electron chi connectivity index (χ4n) is 2.76. The van der Waals surface area contributed by atoms with Crippen molar-refractivity contribution < 1.29 is 34.2 Å². The standard InChI is InChI=1S/C18H26N5O7P/c19-15(18(26)27)9-12(11-31(28,29)30)5-3-1-2-4-8-21-17(25)14-7-6-13(22-23-20)10-16(14)24/h6-7,9-10,15,24H,1-5,8,11,19H2,(H,21,25)(H,26,27)(H2,28,29,30)/b12-9+. The van der Waals surface area contributed by atoms with Crippen molar-refractivity contribution in [1.82, 2.24) is 5.32 Å². The lowest BCUT2D eigenvalue weighted by Gasteiger charge is -2.11. The fraction of sp³-hybridized carbons (Fsp3) is 0.444. The van der Waals surface area contributed by atoms with Gasteiger partial charge in [0.05, 0.1) is 11.7 Å². The molecule has 12 nitrogen and oxygen atoms in total. The average Bonchev–Trinajstić information content (AvgIpc) is 2.65. The Morgan fingerprint density at radius 2 is 1.94 bits per heavy atom. The zero-order chi connectivity index (χ0) is 23.4. The number of aliphatic carboxylic acids is 1. The minimum atomic E-state index is -4.33. The Bertz CT molecular complexity index is 909. The normalized spacial score (nSPS) is 12.7. The highest BCUT2D eigenvalue weighted by atomic mass is 31.2. The second-order valence-corrected chi connectivity index (χ2v) is 8.47. The highest BCUT2D eigenvalue weighted by Gasteiger charge is 2.18. The molecule has 0 fully saturated rings. The van der Waals surface area contributed by atoms with Crippen molar-refractivity contribution in [2.75, 3.05) is 12.7 Å². The molecule has 170 valence electrons. The number of azide groups is 1. The van der Waals surface area contributed by atoms with Gasteiger partial charge in [0.15, 0.2) is 0 Å². The average molecular weight is 455 g/mol. The molecular formula is C18H26N5O7P. The number of hydrogen-bond donors (Lipinski definition) is 6. The Labute approximate surface area is 178 Å². The molecule has 0 aliphatic carbocycles. The van der Waals surface area contributed by atoms with Crippen molar-refractivity contribution in [3.05, 3.63) is 45.9 Å². The number of phenolic OH excluding ortho intramolecular Hbond substituents is 1. The molecule has 1 aromatic carbocycles. The largest absolute Gasteiger partial charge is 0.507 e. The van der Waals surface area contributed by atoms with E-state index in [-0.39, 0.29) is 17.0 Å². The smallest absolute Gasteiger partial charge is 0.329 e. The van der Waals surface area contributed by atoms with Crippen molar-refractivity contribution in [3.63, 3.8) is 0 Å². The molecule has 0 heterocycles. The van der Waals surface area contributed by atoms with Crippen molar-refractivity contribution in [1.29, 1.82) is 0 Å². The summed E-state index contributed by atoms with van der Waals surface area (Å²) in [6.45, 7) is 0.353. The SMILES string of the molecule is [N-]=[N+]=Nc1ccc(C(=O)NCCCCCC/C(=C\C(N)C(=O)O)CP(=O)(O)O)c(O)c1. The maximum absolute atomic E-state index is 12.1. The monoisotopic (exact) mass is 455 g/mol. The summed E-state index contributed by atoms with van der Waals surface area (Å²) < 4.78 is 11.2. The van der Waals surface area contributed by atoms with E-state index < -0.39 is 31.7 Å². The van der Waals surface area contributed by atoms with Gasteiger partial charge in [0.2, 0.25) is 0 Å². The van der Waals surface area contributed by atoms with Gasteiger partial charge in [0.25, 0.3) is 5.91 Å². The van der Waals surface area contributed by atoms with Gasteiger partial charge in [-0.3, -0.25) is 14.2 Å². The van der Waals surface area contributed by atoms with Gasteiger partial charge in [0, 0.05) is 17.1 Å². The van der Waals surface area contributed by atoms with Crippen LogP contribution in [0.3, 0.4) is 0 Å². The first kappa shape index (κ1) is 26.2. The zero-order valence-corrected chi connectivity index (χ0v) is 17.6. The lowest BCUT2D eigenvalue weighted by Crippen LogP contribution is -2.28. The lowest BCUT2D eigenvalue weighted by atomic mass is 10.1. The van der Waals surface area contributed by atoms with Crippen molar-refractivity contribution in [3.8, 4) is 5.75 Å². The minimum Gasteiger partial charge on any atom is -0.507 e. The minimum absolute atomic E-state index is 0.0545. The molecule has 0 spiro atoms. The molecule has 0 saturated heterocycles. The summed E-state index contributed by atoms with van der Waals surface area (Å²) in [4.78, 5) is 43.8. The van der Waals surface area contributed by atoms with E-state index in [2.05, 4.69) is 15.3 Å². The van der Waals surface area contributed by atoms with Gasteiger partial charge in [-0.1, -0.05) is 35.7 Å². The van der Waals surface area contributed by atoms with Crippen LogP contribution >= 0.6 is 7.60 Å². The molecule has 1 aromatic rings. The summed E-state index contributed by atoms with van der Waals surface area (Å²) in [6, 6.07) is 2.63. The van der Waals surface area contributed by atoms with Crippen molar-refractivity contribution in [2.24, 2.45) is 10.8 Å². The van der Waals surface area contributed by atoms with Crippen LogP contribution in [0.4, 0.5) is 5.69 Å². The number of amides is 1. The van der Waals surface area contributed by atoms with Crippen LogP contribution in [0.25, 0.3) is 10.4 Å². The number of unbranched alkanes of at least 4 members (excludes halogenated alkanes) is 3. The summed E-state index contributed by atoms with van der Waals surface area (Å²) in [5.74, 6) is -2.05. The van der Waals surface area contributed by atoms with Crippen LogP contribution in [0.1, 0.15) is 42.5 Å². The topological polar surface area (TPSA) is 219 Å². The van der Waals surface area contributed by atoms with E-state index >= 15 is 0 Å². The number of carboxylic acids is 1. The number of nitrogens with two attached hydrogens (primary N) is 1. The number of nitrogens with one attached hydrogen (secondary N) is 1. The number of allylic oxidation sites excluding steroid dienone is 1. The molecule has 0 radical (unpaired) electrons.